The number of carbonyl (C=O) groups excluding carboxylic acids is 1. The largest absolute Gasteiger partial charge is 0.396 e. The van der Waals surface area contributed by atoms with Crippen molar-refractivity contribution in [2.45, 2.75) is 19.8 Å². The number of anilines is 2. The number of nitrogens with zero attached hydrogens (tertiary/aromatic N) is 1. The Morgan fingerprint density at radius 3 is 2.52 bits per heavy atom. The summed E-state index contributed by atoms with van der Waals surface area (Å²) in [5.41, 5.74) is 6.62. The van der Waals surface area contributed by atoms with E-state index < -0.39 is 5.82 Å². The fraction of sp³-hybridized carbons (Fsp3) is 0.235. The van der Waals surface area contributed by atoms with Crippen LogP contribution in [-0.4, -0.2) is 12.5 Å². The number of halogens is 1. The van der Waals surface area contributed by atoms with Crippen LogP contribution in [0.15, 0.2) is 48.5 Å². The van der Waals surface area contributed by atoms with Gasteiger partial charge in [-0.2, -0.15) is 0 Å². The monoisotopic (exact) mass is 286 g/mol. The zero-order valence-corrected chi connectivity index (χ0v) is 12.1. The van der Waals surface area contributed by atoms with Gasteiger partial charge in [0.15, 0.2) is 0 Å². The molecule has 110 valence electrons. The van der Waals surface area contributed by atoms with Gasteiger partial charge in [0, 0.05) is 17.8 Å². The lowest BCUT2D eigenvalue weighted by atomic mass is 10.1. The fourth-order valence-electron chi connectivity index (χ4n) is 2.09. The van der Waals surface area contributed by atoms with Crippen molar-refractivity contribution in [2.75, 3.05) is 17.2 Å². The van der Waals surface area contributed by atoms with E-state index in [2.05, 4.69) is 6.92 Å². The predicted octanol–water partition coefficient (Wildman–Crippen LogP) is 3.85. The molecule has 3 nitrogen and oxygen atoms in total. The summed E-state index contributed by atoms with van der Waals surface area (Å²) >= 11 is 0. The third-order valence-electron chi connectivity index (χ3n) is 3.30. The molecular weight excluding hydrogens is 267 g/mol. The average Bonchev–Trinajstić information content (AvgIpc) is 2.51. The van der Waals surface area contributed by atoms with Crippen LogP contribution in [0.1, 0.15) is 30.1 Å². The number of hydrogen-bond acceptors (Lipinski definition) is 2. The highest BCUT2D eigenvalue weighted by atomic mass is 19.1. The summed E-state index contributed by atoms with van der Waals surface area (Å²) in [7, 11) is 0. The van der Waals surface area contributed by atoms with Gasteiger partial charge in [0.2, 0.25) is 0 Å². The van der Waals surface area contributed by atoms with E-state index in [1.54, 1.807) is 11.0 Å². The Bertz CT molecular complexity index is 613. The average molecular weight is 286 g/mol. The second-order valence-corrected chi connectivity index (χ2v) is 4.88. The molecule has 4 heteroatoms. The molecule has 0 spiro atoms. The number of nitrogen functional groups attached to an aromatic ring is 1. The van der Waals surface area contributed by atoms with E-state index in [0.29, 0.717) is 12.1 Å². The fourth-order valence-corrected chi connectivity index (χ4v) is 2.09. The first kappa shape index (κ1) is 15.0. The number of benzene rings is 2. The summed E-state index contributed by atoms with van der Waals surface area (Å²) in [6, 6.07) is 13.6. The Hall–Kier alpha value is -2.36. The first-order valence-corrected chi connectivity index (χ1v) is 7.05. The molecule has 0 aliphatic rings. The van der Waals surface area contributed by atoms with Crippen LogP contribution in [0.2, 0.25) is 0 Å². The molecule has 0 aromatic heterocycles. The highest BCUT2D eigenvalue weighted by molar-refractivity contribution is 6.06. The van der Waals surface area contributed by atoms with Gasteiger partial charge in [0.05, 0.1) is 5.69 Å². The quantitative estimate of drug-likeness (QED) is 0.848. The van der Waals surface area contributed by atoms with Gasteiger partial charge in [-0.15, -0.1) is 0 Å². The Labute approximate surface area is 124 Å². The summed E-state index contributed by atoms with van der Waals surface area (Å²) in [5.74, 6) is -0.780. The first-order chi connectivity index (χ1) is 10.1. The van der Waals surface area contributed by atoms with E-state index >= 15 is 0 Å². The molecule has 2 N–H and O–H groups in total. The Morgan fingerprint density at radius 1 is 1.19 bits per heavy atom. The van der Waals surface area contributed by atoms with Crippen molar-refractivity contribution in [1.82, 2.24) is 0 Å². The number of carbonyl (C=O) groups is 1. The second kappa shape index (κ2) is 6.88. The van der Waals surface area contributed by atoms with Crippen LogP contribution in [0.25, 0.3) is 0 Å². The minimum absolute atomic E-state index is 0.0476. The number of rotatable bonds is 5. The van der Waals surface area contributed by atoms with Crippen molar-refractivity contribution >= 4 is 17.3 Å². The number of amides is 1. The van der Waals surface area contributed by atoms with Crippen molar-refractivity contribution in [2.24, 2.45) is 0 Å². The molecule has 1 amide bonds. The van der Waals surface area contributed by atoms with E-state index in [0.717, 1.165) is 18.5 Å². The van der Waals surface area contributed by atoms with E-state index in [1.807, 2.05) is 30.3 Å². The summed E-state index contributed by atoms with van der Waals surface area (Å²) < 4.78 is 13.6. The molecule has 2 rings (SSSR count). The molecule has 0 fully saturated rings. The van der Waals surface area contributed by atoms with Crippen LogP contribution >= 0.6 is 0 Å². The van der Waals surface area contributed by atoms with Crippen LogP contribution < -0.4 is 10.6 Å². The van der Waals surface area contributed by atoms with Gasteiger partial charge in [-0.3, -0.25) is 4.79 Å². The van der Waals surface area contributed by atoms with Gasteiger partial charge >= 0.3 is 0 Å². The smallest absolute Gasteiger partial charge is 0.258 e. The van der Waals surface area contributed by atoms with Gasteiger partial charge < -0.3 is 10.6 Å². The molecule has 2 aromatic carbocycles. The molecule has 0 aliphatic heterocycles. The van der Waals surface area contributed by atoms with E-state index in [1.165, 1.54) is 12.1 Å². The Balaban J connectivity index is 2.31. The molecular formula is C17H19FN2O. The molecule has 2 aromatic rings. The van der Waals surface area contributed by atoms with E-state index in [-0.39, 0.29) is 11.6 Å². The van der Waals surface area contributed by atoms with Crippen LogP contribution in [0.3, 0.4) is 0 Å². The van der Waals surface area contributed by atoms with Crippen molar-refractivity contribution in [3.05, 3.63) is 59.9 Å². The van der Waals surface area contributed by atoms with E-state index in [9.17, 15) is 9.18 Å². The number of nitrogens with two attached hydrogens (primary N) is 1. The van der Waals surface area contributed by atoms with Gasteiger partial charge in [-0.05, 0) is 36.8 Å². The molecule has 0 unspecified atom stereocenters. The van der Waals surface area contributed by atoms with Gasteiger partial charge in [-0.25, -0.2) is 4.39 Å². The maximum absolute atomic E-state index is 13.6. The summed E-state index contributed by atoms with van der Waals surface area (Å²) in [6.45, 7) is 2.67. The standard InChI is InChI=1S/C17H19FN2O/c1-2-3-11-20(14-7-5-4-6-8-14)17(21)13-9-10-16(19)15(18)12-13/h4-10,12H,2-3,11,19H2,1H3. The number of para-hydroxylation sites is 1. The van der Waals surface area contributed by atoms with Crippen molar-refractivity contribution in [3.8, 4) is 0 Å². The number of unbranched alkanes of at least 4 members (excludes halogenated alkanes) is 1. The van der Waals surface area contributed by atoms with Crippen LogP contribution in [-0.2, 0) is 0 Å². The summed E-state index contributed by atoms with van der Waals surface area (Å²) in [5, 5.41) is 0. The number of hydrogen-bond donors (Lipinski definition) is 1. The van der Waals surface area contributed by atoms with E-state index in [4.69, 9.17) is 5.73 Å². The molecule has 0 aliphatic carbocycles. The van der Waals surface area contributed by atoms with Gasteiger partial charge in [0.1, 0.15) is 5.82 Å². The lowest BCUT2D eigenvalue weighted by Gasteiger charge is -2.23. The molecule has 0 saturated heterocycles. The maximum Gasteiger partial charge on any atom is 0.258 e. The molecule has 0 bridgehead atoms. The molecule has 0 saturated carbocycles. The minimum atomic E-state index is -0.565. The van der Waals surface area contributed by atoms with Crippen molar-refractivity contribution in [3.63, 3.8) is 0 Å². The normalized spacial score (nSPS) is 10.4. The third-order valence-corrected chi connectivity index (χ3v) is 3.30. The second-order valence-electron chi connectivity index (χ2n) is 4.88. The topological polar surface area (TPSA) is 46.3 Å². The van der Waals surface area contributed by atoms with Crippen molar-refractivity contribution < 1.29 is 9.18 Å². The first-order valence-electron chi connectivity index (χ1n) is 7.05. The third kappa shape index (κ3) is 3.60. The highest BCUT2D eigenvalue weighted by Gasteiger charge is 2.18. The summed E-state index contributed by atoms with van der Waals surface area (Å²) in [6.07, 6.45) is 1.87. The highest BCUT2D eigenvalue weighted by Crippen LogP contribution is 2.19. The van der Waals surface area contributed by atoms with Crippen LogP contribution in [0.5, 0.6) is 0 Å². The lowest BCUT2D eigenvalue weighted by Crippen LogP contribution is -2.32. The molecule has 0 heterocycles. The predicted molar refractivity (Wildman–Crippen MR) is 83.8 cm³/mol. The molecule has 0 atom stereocenters. The minimum Gasteiger partial charge on any atom is -0.396 e. The Kier molecular flexibility index (Phi) is 4.93. The zero-order valence-electron chi connectivity index (χ0n) is 12.1. The lowest BCUT2D eigenvalue weighted by molar-refractivity contribution is 0.0986. The van der Waals surface area contributed by atoms with Gasteiger partial charge in [0.25, 0.3) is 5.91 Å². The maximum atomic E-state index is 13.6. The zero-order chi connectivity index (χ0) is 15.2. The van der Waals surface area contributed by atoms with Gasteiger partial charge in [-0.1, -0.05) is 31.5 Å². The SMILES string of the molecule is CCCCN(C(=O)c1ccc(N)c(F)c1)c1ccccc1. The van der Waals surface area contributed by atoms with Crippen LogP contribution in [0, 0.1) is 5.82 Å². The Morgan fingerprint density at radius 2 is 1.90 bits per heavy atom. The summed E-state index contributed by atoms with van der Waals surface area (Å²) in [4.78, 5) is 14.3. The molecule has 0 radical (unpaired) electrons. The molecule has 21 heavy (non-hydrogen) atoms. The van der Waals surface area contributed by atoms with Crippen molar-refractivity contribution in [1.29, 1.82) is 0 Å². The van der Waals surface area contributed by atoms with Crippen LogP contribution in [0.4, 0.5) is 15.8 Å².